The van der Waals surface area contributed by atoms with Gasteiger partial charge in [0.1, 0.15) is 43.5 Å². The van der Waals surface area contributed by atoms with Crippen molar-refractivity contribution in [3.05, 3.63) is 77.8 Å². The maximum atomic E-state index is 11.5. The second-order valence-corrected chi connectivity index (χ2v) is 7.79. The van der Waals surface area contributed by atoms with Crippen LogP contribution in [0.1, 0.15) is 5.69 Å². The third-order valence-corrected chi connectivity index (χ3v) is 5.17. The van der Waals surface area contributed by atoms with Gasteiger partial charge in [0.2, 0.25) is 5.91 Å². The molecule has 0 aliphatic carbocycles. The van der Waals surface area contributed by atoms with Gasteiger partial charge < -0.3 is 24.8 Å². The van der Waals surface area contributed by atoms with Crippen LogP contribution in [0.15, 0.2) is 67.1 Å². The highest BCUT2D eigenvalue weighted by Crippen LogP contribution is 2.34. The van der Waals surface area contributed by atoms with Gasteiger partial charge in [-0.05, 0) is 42.5 Å². The summed E-state index contributed by atoms with van der Waals surface area (Å²) >= 11 is 6.46. The molecule has 2 heterocycles. The van der Waals surface area contributed by atoms with Crippen LogP contribution in [0, 0.1) is 0 Å². The highest BCUT2D eigenvalue weighted by Gasteiger charge is 2.12. The summed E-state index contributed by atoms with van der Waals surface area (Å²) in [6.07, 6.45) is 3.19. The van der Waals surface area contributed by atoms with Crippen LogP contribution in [0.3, 0.4) is 0 Å². The number of pyridine rings is 1. The van der Waals surface area contributed by atoms with Crippen molar-refractivity contribution >= 4 is 39.9 Å². The molecule has 0 atom stereocenters. The lowest BCUT2D eigenvalue weighted by Crippen LogP contribution is -2.30. The van der Waals surface area contributed by atoms with Gasteiger partial charge in [-0.2, -0.15) is 0 Å². The molecule has 0 aliphatic heterocycles. The highest BCUT2D eigenvalue weighted by molar-refractivity contribution is 6.32. The van der Waals surface area contributed by atoms with Gasteiger partial charge in [-0.25, -0.2) is 9.97 Å². The Morgan fingerprint density at radius 2 is 1.91 bits per heavy atom. The standard InChI is InChI=1S/C25H24ClN5O4/c1-33-15-23(32)28-11-12-34-22-7-4-6-20-24(22)25(30-16-29-20)31-17-8-9-21(19(26)13-17)35-14-18-5-2-3-10-27-18/h2-10,13,16H,11-12,14-15H2,1H3,(H,28,32)(H,29,30,31). The SMILES string of the molecule is COCC(=O)NCCOc1cccc2ncnc(Nc3ccc(OCc4ccccn4)c(Cl)c3)c12. The Bertz CT molecular complexity index is 1280. The predicted octanol–water partition coefficient (Wildman–Crippen LogP) is 4.14. The first kappa shape index (κ1) is 24.2. The third kappa shape index (κ3) is 6.56. The van der Waals surface area contributed by atoms with E-state index in [0.717, 1.165) is 11.4 Å². The number of aromatic nitrogens is 3. The van der Waals surface area contributed by atoms with Crippen molar-refractivity contribution < 1.29 is 19.0 Å². The Morgan fingerprint density at radius 1 is 1.00 bits per heavy atom. The number of anilines is 2. The first-order valence-corrected chi connectivity index (χ1v) is 11.2. The van der Waals surface area contributed by atoms with Crippen molar-refractivity contribution in [3.8, 4) is 11.5 Å². The summed E-state index contributed by atoms with van der Waals surface area (Å²) in [5.41, 5.74) is 2.25. The van der Waals surface area contributed by atoms with E-state index in [1.807, 2.05) is 42.5 Å². The van der Waals surface area contributed by atoms with Crippen LogP contribution < -0.4 is 20.1 Å². The van der Waals surface area contributed by atoms with Crippen LogP contribution in [0.5, 0.6) is 11.5 Å². The van der Waals surface area contributed by atoms with E-state index in [2.05, 4.69) is 25.6 Å². The molecule has 0 spiro atoms. The average Bonchev–Trinajstić information content (AvgIpc) is 2.87. The molecule has 4 aromatic rings. The number of methoxy groups -OCH3 is 1. The number of hydrogen-bond acceptors (Lipinski definition) is 8. The molecule has 1 amide bonds. The summed E-state index contributed by atoms with van der Waals surface area (Å²) in [6.45, 7) is 0.934. The molecule has 0 unspecified atom stereocenters. The van der Waals surface area contributed by atoms with Crippen molar-refractivity contribution in [1.82, 2.24) is 20.3 Å². The van der Waals surface area contributed by atoms with Crippen molar-refractivity contribution in [2.24, 2.45) is 0 Å². The van der Waals surface area contributed by atoms with E-state index < -0.39 is 0 Å². The predicted molar refractivity (Wildman–Crippen MR) is 133 cm³/mol. The van der Waals surface area contributed by atoms with E-state index in [1.54, 1.807) is 18.3 Å². The van der Waals surface area contributed by atoms with E-state index in [-0.39, 0.29) is 19.1 Å². The van der Waals surface area contributed by atoms with Crippen molar-refractivity contribution in [3.63, 3.8) is 0 Å². The Labute approximate surface area is 207 Å². The normalized spacial score (nSPS) is 10.7. The van der Waals surface area contributed by atoms with Gasteiger partial charge in [-0.15, -0.1) is 0 Å². The van der Waals surface area contributed by atoms with Crippen LogP contribution in [0.25, 0.3) is 10.9 Å². The number of halogens is 1. The summed E-state index contributed by atoms with van der Waals surface area (Å²) in [5, 5.41) is 7.17. The number of benzene rings is 2. The minimum Gasteiger partial charge on any atom is -0.491 e. The highest BCUT2D eigenvalue weighted by atomic mass is 35.5. The zero-order chi connectivity index (χ0) is 24.5. The summed E-state index contributed by atoms with van der Waals surface area (Å²) < 4.78 is 16.5. The molecule has 2 N–H and O–H groups in total. The van der Waals surface area contributed by atoms with E-state index in [1.165, 1.54) is 13.4 Å². The summed E-state index contributed by atoms with van der Waals surface area (Å²) in [5.74, 6) is 1.50. The largest absolute Gasteiger partial charge is 0.491 e. The second kappa shape index (κ2) is 12.0. The lowest BCUT2D eigenvalue weighted by molar-refractivity contribution is -0.124. The lowest BCUT2D eigenvalue weighted by atomic mass is 10.2. The van der Waals surface area contributed by atoms with Crippen LogP contribution >= 0.6 is 11.6 Å². The molecular formula is C25H24ClN5O4. The van der Waals surface area contributed by atoms with Gasteiger partial charge in [-0.1, -0.05) is 23.7 Å². The maximum Gasteiger partial charge on any atom is 0.246 e. The molecule has 10 heteroatoms. The second-order valence-electron chi connectivity index (χ2n) is 7.38. The van der Waals surface area contributed by atoms with Crippen LogP contribution in [-0.4, -0.2) is 47.7 Å². The summed E-state index contributed by atoms with van der Waals surface area (Å²) in [6, 6.07) is 16.6. The van der Waals surface area contributed by atoms with E-state index in [9.17, 15) is 4.79 Å². The molecule has 180 valence electrons. The number of nitrogens with zero attached hydrogens (tertiary/aromatic N) is 3. The third-order valence-electron chi connectivity index (χ3n) is 4.88. The van der Waals surface area contributed by atoms with E-state index in [0.29, 0.717) is 46.4 Å². The van der Waals surface area contributed by atoms with Crippen LogP contribution in [0.2, 0.25) is 5.02 Å². The molecule has 2 aromatic heterocycles. The van der Waals surface area contributed by atoms with Crippen molar-refractivity contribution in [2.75, 3.05) is 32.2 Å². The minimum absolute atomic E-state index is 0.00566. The van der Waals surface area contributed by atoms with Crippen molar-refractivity contribution in [2.45, 2.75) is 6.61 Å². The number of ether oxygens (including phenoxy) is 3. The Morgan fingerprint density at radius 3 is 2.71 bits per heavy atom. The molecule has 35 heavy (non-hydrogen) atoms. The average molecular weight is 494 g/mol. The fourth-order valence-corrected chi connectivity index (χ4v) is 3.53. The molecule has 9 nitrogen and oxygen atoms in total. The number of hydrogen-bond donors (Lipinski definition) is 2. The number of carbonyl (C=O) groups excluding carboxylic acids is 1. The molecule has 4 rings (SSSR count). The zero-order valence-electron chi connectivity index (χ0n) is 19.0. The summed E-state index contributed by atoms with van der Waals surface area (Å²) in [4.78, 5) is 24.5. The monoisotopic (exact) mass is 493 g/mol. The number of rotatable bonds is 11. The fourth-order valence-electron chi connectivity index (χ4n) is 3.29. The number of carbonyl (C=O) groups is 1. The molecule has 0 radical (unpaired) electrons. The first-order valence-electron chi connectivity index (χ1n) is 10.9. The smallest absolute Gasteiger partial charge is 0.246 e. The molecule has 0 fully saturated rings. The Hall–Kier alpha value is -3.95. The molecule has 0 aliphatic rings. The van der Waals surface area contributed by atoms with Gasteiger partial charge in [0.05, 0.1) is 28.2 Å². The lowest BCUT2D eigenvalue weighted by Gasteiger charge is -2.14. The Balaban J connectivity index is 1.46. The molecule has 2 aromatic carbocycles. The molecule has 0 bridgehead atoms. The van der Waals surface area contributed by atoms with Crippen LogP contribution in [0.4, 0.5) is 11.5 Å². The maximum absolute atomic E-state index is 11.5. The number of fused-ring (bicyclic) bond motifs is 1. The minimum atomic E-state index is -0.205. The summed E-state index contributed by atoms with van der Waals surface area (Å²) in [7, 11) is 1.47. The Kier molecular flexibility index (Phi) is 8.26. The number of nitrogens with one attached hydrogen (secondary N) is 2. The topological polar surface area (TPSA) is 107 Å². The van der Waals surface area contributed by atoms with Gasteiger partial charge in [0, 0.05) is 19.0 Å². The van der Waals surface area contributed by atoms with Crippen molar-refractivity contribution in [1.29, 1.82) is 0 Å². The van der Waals surface area contributed by atoms with E-state index in [4.69, 9.17) is 25.8 Å². The zero-order valence-corrected chi connectivity index (χ0v) is 19.8. The first-order chi connectivity index (χ1) is 17.1. The van der Waals surface area contributed by atoms with Gasteiger partial charge in [-0.3, -0.25) is 9.78 Å². The van der Waals surface area contributed by atoms with Gasteiger partial charge >= 0.3 is 0 Å². The molecule has 0 saturated carbocycles. The van der Waals surface area contributed by atoms with Gasteiger partial charge in [0.25, 0.3) is 0 Å². The van der Waals surface area contributed by atoms with Gasteiger partial charge in [0.15, 0.2) is 0 Å². The van der Waals surface area contributed by atoms with E-state index >= 15 is 0 Å². The molecular weight excluding hydrogens is 470 g/mol. The number of amides is 1. The molecule has 0 saturated heterocycles. The van der Waals surface area contributed by atoms with Crippen LogP contribution in [-0.2, 0) is 16.1 Å². The quantitative estimate of drug-likeness (QED) is 0.300. The fraction of sp³-hybridized carbons (Fsp3) is 0.200.